The Morgan fingerprint density at radius 1 is 1.00 bits per heavy atom. The van der Waals surface area contributed by atoms with E-state index in [4.69, 9.17) is 4.74 Å². The SMILES string of the molecule is CN(CC(=O)NC(C)(C)C)C(=O)CNc1ccccc1Oc1ccccc1. The number of amides is 2. The summed E-state index contributed by atoms with van der Waals surface area (Å²) >= 11 is 0. The molecule has 0 aliphatic rings. The monoisotopic (exact) mass is 369 g/mol. The van der Waals surface area contributed by atoms with Crippen molar-refractivity contribution in [1.29, 1.82) is 0 Å². The number of benzene rings is 2. The van der Waals surface area contributed by atoms with Crippen molar-refractivity contribution in [3.63, 3.8) is 0 Å². The lowest BCUT2D eigenvalue weighted by molar-refractivity contribution is -0.133. The molecule has 0 bridgehead atoms. The van der Waals surface area contributed by atoms with Crippen molar-refractivity contribution in [3.05, 3.63) is 54.6 Å². The van der Waals surface area contributed by atoms with Gasteiger partial charge in [0.05, 0.1) is 18.8 Å². The first kappa shape index (κ1) is 20.3. The standard InChI is InChI=1S/C21H27N3O3/c1-21(2,3)23-19(25)15-24(4)20(26)14-22-17-12-8-9-13-18(17)27-16-10-6-5-7-11-16/h5-13,22H,14-15H2,1-4H3,(H,23,25). The summed E-state index contributed by atoms with van der Waals surface area (Å²) in [6.07, 6.45) is 0. The molecule has 0 heterocycles. The fraction of sp³-hybridized carbons (Fsp3) is 0.333. The average Bonchev–Trinajstić information content (AvgIpc) is 2.60. The van der Waals surface area contributed by atoms with E-state index in [1.165, 1.54) is 4.90 Å². The first-order valence-electron chi connectivity index (χ1n) is 8.85. The maximum absolute atomic E-state index is 12.3. The summed E-state index contributed by atoms with van der Waals surface area (Å²) < 4.78 is 5.87. The Balaban J connectivity index is 1.92. The summed E-state index contributed by atoms with van der Waals surface area (Å²) in [5.41, 5.74) is 0.384. The highest BCUT2D eigenvalue weighted by Gasteiger charge is 2.18. The molecule has 0 atom stereocenters. The Hall–Kier alpha value is -3.02. The third-order valence-corrected chi connectivity index (χ3v) is 3.61. The Bertz CT molecular complexity index is 770. The van der Waals surface area contributed by atoms with Crippen molar-refractivity contribution in [3.8, 4) is 11.5 Å². The second-order valence-corrected chi connectivity index (χ2v) is 7.31. The summed E-state index contributed by atoms with van der Waals surface area (Å²) in [6, 6.07) is 16.9. The van der Waals surface area contributed by atoms with Gasteiger partial charge in [0.1, 0.15) is 5.75 Å². The van der Waals surface area contributed by atoms with Gasteiger partial charge in [-0.25, -0.2) is 0 Å². The van der Waals surface area contributed by atoms with Crippen LogP contribution < -0.4 is 15.4 Å². The summed E-state index contributed by atoms with van der Waals surface area (Å²) in [4.78, 5) is 25.7. The van der Waals surface area contributed by atoms with Gasteiger partial charge in [-0.1, -0.05) is 30.3 Å². The predicted octanol–water partition coefficient (Wildman–Crippen LogP) is 3.26. The number of nitrogens with zero attached hydrogens (tertiary/aromatic N) is 1. The van der Waals surface area contributed by atoms with E-state index in [0.29, 0.717) is 17.2 Å². The van der Waals surface area contributed by atoms with E-state index in [0.717, 1.165) is 0 Å². The van der Waals surface area contributed by atoms with Crippen LogP contribution >= 0.6 is 0 Å². The van der Waals surface area contributed by atoms with Gasteiger partial charge in [-0.2, -0.15) is 0 Å². The molecular formula is C21H27N3O3. The largest absolute Gasteiger partial charge is 0.455 e. The maximum Gasteiger partial charge on any atom is 0.242 e. The van der Waals surface area contributed by atoms with Crippen LogP contribution in [0.3, 0.4) is 0 Å². The van der Waals surface area contributed by atoms with Crippen LogP contribution in [0.4, 0.5) is 5.69 Å². The molecule has 0 aromatic heterocycles. The molecule has 6 heteroatoms. The topological polar surface area (TPSA) is 70.7 Å². The average molecular weight is 369 g/mol. The molecule has 0 aliphatic heterocycles. The van der Waals surface area contributed by atoms with Crippen LogP contribution in [-0.2, 0) is 9.59 Å². The number of para-hydroxylation sites is 3. The van der Waals surface area contributed by atoms with Crippen LogP contribution in [0.15, 0.2) is 54.6 Å². The molecule has 0 fully saturated rings. The van der Waals surface area contributed by atoms with E-state index < -0.39 is 0 Å². The Morgan fingerprint density at radius 3 is 2.30 bits per heavy atom. The van der Waals surface area contributed by atoms with E-state index in [1.54, 1.807) is 7.05 Å². The Labute approximate surface area is 160 Å². The van der Waals surface area contributed by atoms with Gasteiger partial charge in [-0.3, -0.25) is 9.59 Å². The van der Waals surface area contributed by atoms with Crippen molar-refractivity contribution in [2.45, 2.75) is 26.3 Å². The van der Waals surface area contributed by atoms with Crippen LogP contribution in [0.1, 0.15) is 20.8 Å². The number of rotatable bonds is 7. The van der Waals surface area contributed by atoms with Gasteiger partial charge in [0, 0.05) is 12.6 Å². The van der Waals surface area contributed by atoms with Crippen LogP contribution in [0.25, 0.3) is 0 Å². The number of hydrogen-bond donors (Lipinski definition) is 2. The van der Waals surface area contributed by atoms with Gasteiger partial charge in [0.2, 0.25) is 11.8 Å². The fourth-order valence-electron chi connectivity index (χ4n) is 2.38. The highest BCUT2D eigenvalue weighted by Crippen LogP contribution is 2.28. The zero-order chi connectivity index (χ0) is 19.9. The summed E-state index contributed by atoms with van der Waals surface area (Å²) in [6.45, 7) is 5.78. The molecular weight excluding hydrogens is 342 g/mol. The minimum atomic E-state index is -0.326. The zero-order valence-corrected chi connectivity index (χ0v) is 16.3. The van der Waals surface area contributed by atoms with E-state index in [1.807, 2.05) is 75.4 Å². The third kappa shape index (κ3) is 7.01. The first-order valence-corrected chi connectivity index (χ1v) is 8.85. The van der Waals surface area contributed by atoms with Gasteiger partial charge in [0.25, 0.3) is 0 Å². The predicted molar refractivity (Wildman–Crippen MR) is 107 cm³/mol. The highest BCUT2D eigenvalue weighted by atomic mass is 16.5. The van der Waals surface area contributed by atoms with Gasteiger partial charge >= 0.3 is 0 Å². The molecule has 2 rings (SSSR count). The second-order valence-electron chi connectivity index (χ2n) is 7.31. The van der Waals surface area contributed by atoms with Crippen molar-refractivity contribution >= 4 is 17.5 Å². The minimum Gasteiger partial charge on any atom is -0.455 e. The molecule has 0 saturated heterocycles. The number of anilines is 1. The molecule has 2 amide bonds. The fourth-order valence-corrected chi connectivity index (χ4v) is 2.38. The number of carbonyl (C=O) groups excluding carboxylic acids is 2. The van der Waals surface area contributed by atoms with E-state index in [2.05, 4.69) is 10.6 Å². The highest BCUT2D eigenvalue weighted by molar-refractivity contribution is 5.87. The Morgan fingerprint density at radius 2 is 1.63 bits per heavy atom. The molecule has 0 unspecified atom stereocenters. The molecule has 0 radical (unpaired) electrons. The molecule has 0 saturated carbocycles. The normalized spacial score (nSPS) is 10.8. The number of nitrogens with one attached hydrogen (secondary N) is 2. The number of likely N-dealkylation sites (N-methyl/N-ethyl adjacent to an activating group) is 1. The second kappa shape index (κ2) is 9.07. The molecule has 2 N–H and O–H groups in total. The van der Waals surface area contributed by atoms with Crippen LogP contribution in [0.2, 0.25) is 0 Å². The number of carbonyl (C=O) groups is 2. The van der Waals surface area contributed by atoms with Gasteiger partial charge < -0.3 is 20.3 Å². The molecule has 144 valence electrons. The number of ether oxygens (including phenoxy) is 1. The quantitative estimate of drug-likeness (QED) is 0.786. The van der Waals surface area contributed by atoms with Gasteiger partial charge in [0.15, 0.2) is 5.75 Å². The van der Waals surface area contributed by atoms with E-state index >= 15 is 0 Å². The van der Waals surface area contributed by atoms with Crippen LogP contribution in [0.5, 0.6) is 11.5 Å². The van der Waals surface area contributed by atoms with Gasteiger partial charge in [-0.05, 0) is 45.0 Å². The van der Waals surface area contributed by atoms with E-state index in [9.17, 15) is 9.59 Å². The summed E-state index contributed by atoms with van der Waals surface area (Å²) in [7, 11) is 1.61. The maximum atomic E-state index is 12.3. The smallest absolute Gasteiger partial charge is 0.242 e. The third-order valence-electron chi connectivity index (χ3n) is 3.61. The lowest BCUT2D eigenvalue weighted by Gasteiger charge is -2.23. The number of hydrogen-bond acceptors (Lipinski definition) is 4. The molecule has 27 heavy (non-hydrogen) atoms. The van der Waals surface area contributed by atoms with E-state index in [-0.39, 0.29) is 30.4 Å². The summed E-state index contributed by atoms with van der Waals surface area (Å²) in [5.74, 6) is 0.971. The molecule has 6 nitrogen and oxygen atoms in total. The van der Waals surface area contributed by atoms with Crippen molar-refractivity contribution in [2.24, 2.45) is 0 Å². The zero-order valence-electron chi connectivity index (χ0n) is 16.3. The van der Waals surface area contributed by atoms with Crippen molar-refractivity contribution in [1.82, 2.24) is 10.2 Å². The molecule has 0 aliphatic carbocycles. The molecule has 0 spiro atoms. The minimum absolute atomic E-state index is 0.0138. The molecule has 2 aromatic rings. The first-order chi connectivity index (χ1) is 12.7. The lowest BCUT2D eigenvalue weighted by atomic mass is 10.1. The lowest BCUT2D eigenvalue weighted by Crippen LogP contribution is -2.47. The van der Waals surface area contributed by atoms with Crippen molar-refractivity contribution in [2.75, 3.05) is 25.5 Å². The van der Waals surface area contributed by atoms with Crippen LogP contribution in [-0.4, -0.2) is 42.4 Å². The van der Waals surface area contributed by atoms with Crippen LogP contribution in [0, 0.1) is 0 Å². The van der Waals surface area contributed by atoms with Crippen molar-refractivity contribution < 1.29 is 14.3 Å². The Kier molecular flexibility index (Phi) is 6.82. The van der Waals surface area contributed by atoms with Gasteiger partial charge in [-0.15, -0.1) is 0 Å². The molecule has 2 aromatic carbocycles. The summed E-state index contributed by atoms with van der Waals surface area (Å²) in [5, 5.41) is 5.93.